The molecule has 8 nitrogen and oxygen atoms in total. The summed E-state index contributed by atoms with van der Waals surface area (Å²) in [5.41, 5.74) is 1.20. The lowest BCUT2D eigenvalue weighted by molar-refractivity contribution is -0.384. The minimum atomic E-state index is -0.610. The lowest BCUT2D eigenvalue weighted by atomic mass is 10.1. The Morgan fingerprint density at radius 1 is 1.29 bits per heavy atom. The summed E-state index contributed by atoms with van der Waals surface area (Å²) >= 11 is 0. The van der Waals surface area contributed by atoms with E-state index in [1.807, 2.05) is 13.0 Å². The Morgan fingerprint density at radius 2 is 2.04 bits per heavy atom. The molecular formula is C20H23N3O5. The van der Waals surface area contributed by atoms with E-state index in [4.69, 9.17) is 4.74 Å². The molecule has 1 saturated heterocycles. The summed E-state index contributed by atoms with van der Waals surface area (Å²) in [5, 5.41) is 26.7. The average Bonchev–Trinajstić information content (AvgIpc) is 2.70. The van der Waals surface area contributed by atoms with E-state index in [2.05, 4.69) is 10.6 Å². The molecule has 1 aliphatic heterocycles. The molecule has 0 spiro atoms. The van der Waals surface area contributed by atoms with E-state index in [0.29, 0.717) is 11.3 Å². The third kappa shape index (κ3) is 4.58. The minimum Gasteiger partial charge on any atom is -0.506 e. The first-order chi connectivity index (χ1) is 13.5. The van der Waals surface area contributed by atoms with Crippen molar-refractivity contribution in [1.82, 2.24) is 5.32 Å². The number of amides is 1. The number of benzene rings is 2. The Bertz CT molecular complexity index is 878. The van der Waals surface area contributed by atoms with Gasteiger partial charge in [-0.3, -0.25) is 14.9 Å². The molecule has 148 valence electrons. The highest BCUT2D eigenvalue weighted by Gasteiger charge is 2.20. The zero-order valence-electron chi connectivity index (χ0n) is 15.6. The standard InChI is InChI=1S/C20H23N3O5/c1-2-13-3-6-19(28-15-7-9-21-10-8-15)16(11-13)20(25)22-17-5-4-14(23(26)27)12-18(17)24/h3-6,11-12,15,21,24H,2,7-10H2,1H3,(H,22,25). The molecule has 0 saturated carbocycles. The van der Waals surface area contributed by atoms with Gasteiger partial charge in [-0.2, -0.15) is 0 Å². The van der Waals surface area contributed by atoms with Gasteiger partial charge >= 0.3 is 0 Å². The SMILES string of the molecule is CCc1ccc(OC2CCNCC2)c(C(=O)Nc2ccc([N+](=O)[O-])cc2O)c1. The molecule has 0 aliphatic carbocycles. The molecular weight excluding hydrogens is 362 g/mol. The summed E-state index contributed by atoms with van der Waals surface area (Å²) in [6.45, 7) is 3.73. The van der Waals surface area contributed by atoms with Crippen LogP contribution in [0.5, 0.6) is 11.5 Å². The highest BCUT2D eigenvalue weighted by molar-refractivity contribution is 6.07. The van der Waals surface area contributed by atoms with Crippen LogP contribution in [0.1, 0.15) is 35.7 Å². The van der Waals surface area contributed by atoms with Crippen molar-refractivity contribution >= 4 is 17.3 Å². The minimum absolute atomic E-state index is 0.0352. The zero-order chi connectivity index (χ0) is 20.1. The molecule has 0 unspecified atom stereocenters. The van der Waals surface area contributed by atoms with Crippen LogP contribution in [0.4, 0.5) is 11.4 Å². The van der Waals surface area contributed by atoms with E-state index in [9.17, 15) is 20.0 Å². The molecule has 1 fully saturated rings. The smallest absolute Gasteiger partial charge is 0.273 e. The zero-order valence-corrected chi connectivity index (χ0v) is 15.6. The number of rotatable bonds is 6. The Balaban J connectivity index is 1.84. The van der Waals surface area contributed by atoms with Crippen LogP contribution in [0.15, 0.2) is 36.4 Å². The third-order valence-corrected chi connectivity index (χ3v) is 4.72. The number of phenolic OH excluding ortho intramolecular Hbond substituents is 1. The number of carbonyl (C=O) groups excluding carboxylic acids is 1. The molecule has 0 atom stereocenters. The van der Waals surface area contributed by atoms with Crippen molar-refractivity contribution in [3.63, 3.8) is 0 Å². The molecule has 1 amide bonds. The lowest BCUT2D eigenvalue weighted by Crippen LogP contribution is -2.34. The van der Waals surface area contributed by atoms with Crippen LogP contribution in [0, 0.1) is 10.1 Å². The number of carbonyl (C=O) groups is 1. The van der Waals surface area contributed by atoms with Crippen molar-refractivity contribution in [2.24, 2.45) is 0 Å². The van der Waals surface area contributed by atoms with E-state index in [1.54, 1.807) is 12.1 Å². The van der Waals surface area contributed by atoms with E-state index in [1.165, 1.54) is 12.1 Å². The summed E-state index contributed by atoms with van der Waals surface area (Å²) in [7, 11) is 0. The Labute approximate surface area is 162 Å². The first-order valence-corrected chi connectivity index (χ1v) is 9.27. The number of nitro groups is 1. The van der Waals surface area contributed by atoms with Crippen LogP contribution in [0.25, 0.3) is 0 Å². The normalized spacial score (nSPS) is 14.5. The van der Waals surface area contributed by atoms with Crippen molar-refractivity contribution in [3.05, 3.63) is 57.6 Å². The molecule has 0 radical (unpaired) electrons. The summed E-state index contributed by atoms with van der Waals surface area (Å²) in [5.74, 6) is -0.318. The highest BCUT2D eigenvalue weighted by atomic mass is 16.6. The summed E-state index contributed by atoms with van der Waals surface area (Å²) in [6.07, 6.45) is 2.52. The number of anilines is 1. The molecule has 0 aromatic heterocycles. The van der Waals surface area contributed by atoms with Crippen molar-refractivity contribution in [2.75, 3.05) is 18.4 Å². The van der Waals surface area contributed by atoms with Crippen LogP contribution in [0.2, 0.25) is 0 Å². The Kier molecular flexibility index (Phi) is 6.10. The molecule has 1 heterocycles. The van der Waals surface area contributed by atoms with Crippen molar-refractivity contribution in [1.29, 1.82) is 0 Å². The van der Waals surface area contributed by atoms with Gasteiger partial charge in [-0.05, 0) is 56.1 Å². The molecule has 3 rings (SSSR count). The second-order valence-corrected chi connectivity index (χ2v) is 6.66. The first kappa shape index (κ1) is 19.6. The maximum atomic E-state index is 12.9. The van der Waals surface area contributed by atoms with Gasteiger partial charge in [-0.15, -0.1) is 0 Å². The van der Waals surface area contributed by atoms with Gasteiger partial charge in [0.25, 0.3) is 11.6 Å². The first-order valence-electron chi connectivity index (χ1n) is 9.27. The van der Waals surface area contributed by atoms with Crippen molar-refractivity contribution in [3.8, 4) is 11.5 Å². The molecule has 8 heteroatoms. The number of hydrogen-bond donors (Lipinski definition) is 3. The maximum Gasteiger partial charge on any atom is 0.273 e. The predicted octanol–water partition coefficient (Wildman–Crippen LogP) is 3.25. The second-order valence-electron chi connectivity index (χ2n) is 6.66. The number of aryl methyl sites for hydroxylation is 1. The van der Waals surface area contributed by atoms with Crippen LogP contribution in [-0.4, -0.2) is 35.1 Å². The number of aromatic hydroxyl groups is 1. The van der Waals surface area contributed by atoms with Gasteiger partial charge in [0, 0.05) is 6.07 Å². The van der Waals surface area contributed by atoms with Crippen LogP contribution >= 0.6 is 0 Å². The van der Waals surface area contributed by atoms with Crippen molar-refractivity contribution in [2.45, 2.75) is 32.3 Å². The Hall–Kier alpha value is -3.13. The fourth-order valence-electron chi connectivity index (χ4n) is 3.10. The quantitative estimate of drug-likeness (QED) is 0.400. The predicted molar refractivity (Wildman–Crippen MR) is 105 cm³/mol. The lowest BCUT2D eigenvalue weighted by Gasteiger charge is -2.25. The number of nitrogens with one attached hydrogen (secondary N) is 2. The molecule has 3 N–H and O–H groups in total. The Morgan fingerprint density at radius 3 is 2.68 bits per heavy atom. The van der Waals surface area contributed by atoms with E-state index in [-0.39, 0.29) is 23.2 Å². The number of nitrogens with zero attached hydrogens (tertiary/aromatic N) is 1. The number of non-ortho nitro benzene ring substituents is 1. The topological polar surface area (TPSA) is 114 Å². The largest absolute Gasteiger partial charge is 0.506 e. The summed E-state index contributed by atoms with van der Waals surface area (Å²) in [6, 6.07) is 9.04. The number of phenols is 1. The van der Waals surface area contributed by atoms with E-state index in [0.717, 1.165) is 44.0 Å². The molecule has 1 aliphatic rings. The monoisotopic (exact) mass is 385 g/mol. The van der Waals surface area contributed by atoms with E-state index < -0.39 is 10.8 Å². The van der Waals surface area contributed by atoms with Gasteiger partial charge in [0.1, 0.15) is 17.6 Å². The molecule has 2 aromatic carbocycles. The number of nitro benzene ring substituents is 1. The van der Waals surface area contributed by atoms with Crippen LogP contribution in [-0.2, 0) is 6.42 Å². The highest BCUT2D eigenvalue weighted by Crippen LogP contribution is 2.30. The fourth-order valence-corrected chi connectivity index (χ4v) is 3.10. The van der Waals surface area contributed by atoms with Gasteiger partial charge in [-0.1, -0.05) is 13.0 Å². The maximum absolute atomic E-state index is 12.9. The van der Waals surface area contributed by atoms with Crippen LogP contribution in [0.3, 0.4) is 0 Å². The molecule has 28 heavy (non-hydrogen) atoms. The van der Waals surface area contributed by atoms with Gasteiger partial charge in [0.05, 0.1) is 22.2 Å². The summed E-state index contributed by atoms with van der Waals surface area (Å²) < 4.78 is 6.07. The van der Waals surface area contributed by atoms with Gasteiger partial charge in [0.15, 0.2) is 0 Å². The number of hydrogen-bond acceptors (Lipinski definition) is 6. The summed E-state index contributed by atoms with van der Waals surface area (Å²) in [4.78, 5) is 23.1. The second kappa shape index (κ2) is 8.71. The van der Waals surface area contributed by atoms with Crippen molar-refractivity contribution < 1.29 is 19.6 Å². The number of ether oxygens (including phenoxy) is 1. The molecule has 2 aromatic rings. The van der Waals surface area contributed by atoms with Gasteiger partial charge < -0.3 is 20.5 Å². The van der Waals surface area contributed by atoms with Gasteiger partial charge in [-0.25, -0.2) is 0 Å². The molecule has 0 bridgehead atoms. The number of piperidine rings is 1. The fraction of sp³-hybridized carbons (Fsp3) is 0.350. The van der Waals surface area contributed by atoms with Crippen LogP contribution < -0.4 is 15.4 Å². The average molecular weight is 385 g/mol. The van der Waals surface area contributed by atoms with Gasteiger partial charge in [0.2, 0.25) is 0 Å². The third-order valence-electron chi connectivity index (χ3n) is 4.72. The van der Waals surface area contributed by atoms with E-state index >= 15 is 0 Å².